The topological polar surface area (TPSA) is 140 Å². The van der Waals surface area contributed by atoms with Crippen molar-refractivity contribution in [3.05, 3.63) is 42.5 Å². The number of imide groups is 1. The van der Waals surface area contributed by atoms with Crippen molar-refractivity contribution < 1.29 is 27.2 Å². The summed E-state index contributed by atoms with van der Waals surface area (Å²) < 4.78 is 38.8. The number of thioether (sulfide) groups is 1. The Morgan fingerprint density at radius 1 is 1.19 bits per heavy atom. The molecule has 1 aromatic heterocycles. The molecule has 0 fully saturated rings. The Bertz CT molecular complexity index is 1240. The van der Waals surface area contributed by atoms with Crippen LogP contribution < -0.4 is 20.1 Å². The fourth-order valence-electron chi connectivity index (χ4n) is 2.64. The number of amides is 3. The summed E-state index contributed by atoms with van der Waals surface area (Å²) in [6.45, 7) is 3.55. The number of methoxy groups -OCH3 is 1. The lowest BCUT2D eigenvalue weighted by molar-refractivity contribution is -0.117. The van der Waals surface area contributed by atoms with Crippen LogP contribution in [0.1, 0.15) is 13.8 Å². The van der Waals surface area contributed by atoms with Crippen molar-refractivity contribution in [2.75, 3.05) is 17.6 Å². The number of ether oxygens (including phenoxy) is 1. The number of para-hydroxylation sites is 2. The van der Waals surface area contributed by atoms with E-state index in [0.29, 0.717) is 22.5 Å². The van der Waals surface area contributed by atoms with Gasteiger partial charge in [-0.3, -0.25) is 14.8 Å². The van der Waals surface area contributed by atoms with Crippen LogP contribution in [-0.2, 0) is 14.8 Å². The second-order valence-electron chi connectivity index (χ2n) is 6.88. The molecule has 3 aromatic rings. The highest BCUT2D eigenvalue weighted by Crippen LogP contribution is 2.29. The van der Waals surface area contributed by atoms with E-state index in [1.54, 1.807) is 38.1 Å². The van der Waals surface area contributed by atoms with Crippen molar-refractivity contribution in [3.8, 4) is 5.75 Å². The molecule has 3 amide bonds. The number of carbonyl (C=O) groups excluding carboxylic acids is 2. The number of carbonyl (C=O) groups is 2. The minimum absolute atomic E-state index is 0.0103. The molecule has 0 aliphatic heterocycles. The van der Waals surface area contributed by atoms with Gasteiger partial charge in [0.05, 0.1) is 23.4 Å². The van der Waals surface area contributed by atoms with E-state index in [4.69, 9.17) is 9.15 Å². The molecule has 0 unspecified atom stereocenters. The summed E-state index contributed by atoms with van der Waals surface area (Å²) in [4.78, 5) is 27.6. The van der Waals surface area contributed by atoms with Gasteiger partial charge in [-0.2, -0.15) is 0 Å². The van der Waals surface area contributed by atoms with Crippen molar-refractivity contribution in [1.29, 1.82) is 0 Å². The average Bonchev–Trinajstić information content (AvgIpc) is 3.14. The van der Waals surface area contributed by atoms with E-state index in [1.807, 2.05) is 0 Å². The van der Waals surface area contributed by atoms with Gasteiger partial charge in [0.2, 0.25) is 5.91 Å². The molecule has 32 heavy (non-hydrogen) atoms. The molecule has 0 aliphatic rings. The standard InChI is InChI=1S/C20H22N4O6S2/c1-12(2)21-19(26)23-18(25)11-31-20-22-15-10-13(8-9-17(15)30-20)32(27,28)24-14-6-4-5-7-16(14)29-3/h4-10,12,24H,11H2,1-3H3,(H2,21,23,25,26). The zero-order chi connectivity index (χ0) is 23.3. The van der Waals surface area contributed by atoms with Gasteiger partial charge in [0.1, 0.15) is 11.3 Å². The number of oxazole rings is 1. The number of nitrogens with zero attached hydrogens (tertiary/aromatic N) is 1. The lowest BCUT2D eigenvalue weighted by atomic mass is 10.3. The molecule has 0 radical (unpaired) electrons. The highest BCUT2D eigenvalue weighted by molar-refractivity contribution is 7.99. The molecule has 0 spiro atoms. The molecule has 12 heteroatoms. The molecule has 170 valence electrons. The third-order valence-corrected chi connectivity index (χ3v) is 6.19. The predicted octanol–water partition coefficient (Wildman–Crippen LogP) is 2.96. The fourth-order valence-corrected chi connectivity index (χ4v) is 4.36. The Kier molecular flexibility index (Phi) is 7.26. The Morgan fingerprint density at radius 3 is 2.66 bits per heavy atom. The molecular weight excluding hydrogens is 456 g/mol. The van der Waals surface area contributed by atoms with Gasteiger partial charge in [-0.15, -0.1) is 0 Å². The van der Waals surface area contributed by atoms with Crippen LogP contribution in [0, 0.1) is 0 Å². The van der Waals surface area contributed by atoms with Crippen LogP contribution in [0.5, 0.6) is 5.75 Å². The van der Waals surface area contributed by atoms with Crippen LogP contribution in [0.15, 0.2) is 57.0 Å². The second-order valence-corrected chi connectivity index (χ2v) is 9.49. The number of hydrogen-bond acceptors (Lipinski definition) is 8. The molecular formula is C20H22N4O6S2. The van der Waals surface area contributed by atoms with Gasteiger partial charge < -0.3 is 14.5 Å². The summed E-state index contributed by atoms with van der Waals surface area (Å²) in [5.74, 6) is -0.226. The number of benzene rings is 2. The summed E-state index contributed by atoms with van der Waals surface area (Å²) >= 11 is 0.985. The zero-order valence-corrected chi connectivity index (χ0v) is 19.2. The van der Waals surface area contributed by atoms with E-state index in [0.717, 1.165) is 11.8 Å². The summed E-state index contributed by atoms with van der Waals surface area (Å²) in [7, 11) is -2.46. The van der Waals surface area contributed by atoms with Crippen LogP contribution >= 0.6 is 11.8 Å². The van der Waals surface area contributed by atoms with Crippen molar-refractivity contribution in [3.63, 3.8) is 0 Å². The Labute approximate surface area is 189 Å². The van der Waals surface area contributed by atoms with Crippen LogP contribution in [0.4, 0.5) is 10.5 Å². The second kappa shape index (κ2) is 9.92. The molecule has 3 N–H and O–H groups in total. The lowest BCUT2D eigenvalue weighted by Gasteiger charge is -2.11. The maximum absolute atomic E-state index is 12.8. The van der Waals surface area contributed by atoms with E-state index in [9.17, 15) is 18.0 Å². The molecule has 0 aliphatic carbocycles. The highest BCUT2D eigenvalue weighted by atomic mass is 32.2. The summed E-state index contributed by atoms with van der Waals surface area (Å²) in [5, 5.41) is 4.92. The summed E-state index contributed by atoms with van der Waals surface area (Å²) in [6.07, 6.45) is 0. The first kappa shape index (κ1) is 23.4. The SMILES string of the molecule is COc1ccccc1NS(=O)(=O)c1ccc2oc(SCC(=O)NC(=O)NC(C)C)nc2c1. The third-order valence-electron chi connectivity index (χ3n) is 4.00. The molecule has 0 bridgehead atoms. The van der Waals surface area contributed by atoms with Crippen LogP contribution in [0.25, 0.3) is 11.1 Å². The zero-order valence-electron chi connectivity index (χ0n) is 17.5. The molecule has 0 saturated carbocycles. The average molecular weight is 479 g/mol. The third kappa shape index (κ3) is 5.92. The minimum Gasteiger partial charge on any atom is -0.495 e. The Balaban J connectivity index is 1.70. The molecule has 0 saturated heterocycles. The van der Waals surface area contributed by atoms with Gasteiger partial charge in [0.15, 0.2) is 5.58 Å². The van der Waals surface area contributed by atoms with Gasteiger partial charge in [0.25, 0.3) is 15.2 Å². The number of nitrogens with one attached hydrogen (secondary N) is 3. The van der Waals surface area contributed by atoms with Crippen molar-refractivity contribution in [2.24, 2.45) is 0 Å². The van der Waals surface area contributed by atoms with Gasteiger partial charge >= 0.3 is 6.03 Å². The van der Waals surface area contributed by atoms with Crippen LogP contribution in [-0.4, -0.2) is 44.2 Å². The van der Waals surface area contributed by atoms with E-state index < -0.39 is 22.0 Å². The molecule has 0 atom stereocenters. The monoisotopic (exact) mass is 478 g/mol. The lowest BCUT2D eigenvalue weighted by Crippen LogP contribution is -2.43. The van der Waals surface area contributed by atoms with Crippen molar-refractivity contribution in [1.82, 2.24) is 15.6 Å². The quantitative estimate of drug-likeness (QED) is 0.420. The minimum atomic E-state index is -3.90. The molecule has 10 nitrogen and oxygen atoms in total. The van der Waals surface area contributed by atoms with Gasteiger partial charge in [-0.05, 0) is 44.2 Å². The van der Waals surface area contributed by atoms with Gasteiger partial charge in [-0.25, -0.2) is 18.2 Å². The van der Waals surface area contributed by atoms with E-state index in [1.165, 1.54) is 25.3 Å². The number of urea groups is 1. The van der Waals surface area contributed by atoms with Gasteiger partial charge in [-0.1, -0.05) is 23.9 Å². The summed E-state index contributed by atoms with van der Waals surface area (Å²) in [6, 6.07) is 10.2. The number of hydrogen-bond donors (Lipinski definition) is 3. The first-order valence-corrected chi connectivity index (χ1v) is 11.9. The van der Waals surface area contributed by atoms with E-state index in [2.05, 4.69) is 20.3 Å². The fraction of sp³-hybridized carbons (Fsp3) is 0.250. The first-order chi connectivity index (χ1) is 15.2. The predicted molar refractivity (Wildman–Crippen MR) is 120 cm³/mol. The number of anilines is 1. The van der Waals surface area contributed by atoms with Crippen LogP contribution in [0.2, 0.25) is 0 Å². The maximum Gasteiger partial charge on any atom is 0.321 e. The maximum atomic E-state index is 12.8. The van der Waals surface area contributed by atoms with Crippen molar-refractivity contribution in [2.45, 2.75) is 30.0 Å². The molecule has 2 aromatic carbocycles. The first-order valence-electron chi connectivity index (χ1n) is 9.47. The Morgan fingerprint density at radius 2 is 1.94 bits per heavy atom. The number of aromatic nitrogens is 1. The largest absolute Gasteiger partial charge is 0.495 e. The Hall–Kier alpha value is -3.25. The summed E-state index contributed by atoms with van der Waals surface area (Å²) in [5.41, 5.74) is 0.981. The molecule has 1 heterocycles. The van der Waals surface area contributed by atoms with Crippen LogP contribution in [0.3, 0.4) is 0 Å². The number of rotatable bonds is 8. The van der Waals surface area contributed by atoms with E-state index >= 15 is 0 Å². The smallest absolute Gasteiger partial charge is 0.321 e. The van der Waals surface area contributed by atoms with Crippen molar-refractivity contribution >= 4 is 50.5 Å². The molecule has 3 rings (SSSR count). The number of sulfonamides is 1. The number of fused-ring (bicyclic) bond motifs is 1. The van der Waals surface area contributed by atoms with E-state index in [-0.39, 0.29) is 21.9 Å². The van der Waals surface area contributed by atoms with Gasteiger partial charge in [0, 0.05) is 6.04 Å². The highest BCUT2D eigenvalue weighted by Gasteiger charge is 2.19. The normalized spacial score (nSPS) is 11.4.